The first-order valence-electron chi connectivity index (χ1n) is 6.33. The Hall–Kier alpha value is -1.84. The van der Waals surface area contributed by atoms with E-state index < -0.39 is 0 Å². The summed E-state index contributed by atoms with van der Waals surface area (Å²) in [4.78, 5) is 0. The lowest BCUT2D eigenvalue weighted by molar-refractivity contribution is 0.448. The maximum Gasteiger partial charge on any atom is 0.143 e. The second kappa shape index (κ2) is 3.83. The highest BCUT2D eigenvalue weighted by atomic mass is 15.3. The summed E-state index contributed by atoms with van der Waals surface area (Å²) in [6.07, 6.45) is 4.26. The van der Waals surface area contributed by atoms with Gasteiger partial charge in [0.25, 0.3) is 0 Å². The third-order valence-electron chi connectivity index (χ3n) is 4.06. The van der Waals surface area contributed by atoms with Gasteiger partial charge in [-0.25, -0.2) is 0 Å². The third kappa shape index (κ3) is 1.60. The van der Waals surface area contributed by atoms with E-state index in [2.05, 4.69) is 29.3 Å². The summed E-state index contributed by atoms with van der Waals surface area (Å²) >= 11 is 0. The van der Waals surface area contributed by atoms with Crippen molar-refractivity contribution in [1.29, 1.82) is 0 Å². The van der Waals surface area contributed by atoms with E-state index in [1.54, 1.807) is 6.33 Å². The van der Waals surface area contributed by atoms with E-state index in [4.69, 9.17) is 5.73 Å². The van der Waals surface area contributed by atoms with E-state index in [0.717, 1.165) is 11.5 Å². The highest BCUT2D eigenvalue weighted by Crippen LogP contribution is 2.50. The average Bonchev–Trinajstić information content (AvgIpc) is 3.12. The van der Waals surface area contributed by atoms with Gasteiger partial charge in [-0.15, -0.1) is 10.2 Å². The highest BCUT2D eigenvalue weighted by Gasteiger charge is 2.46. The number of aryl methyl sites for hydroxylation is 1. The molecule has 0 spiro atoms. The molecule has 1 aliphatic carbocycles. The maximum absolute atomic E-state index is 5.92. The normalized spacial score (nSPS) is 18.6. The van der Waals surface area contributed by atoms with Crippen LogP contribution in [0.5, 0.6) is 0 Å². The molecule has 0 radical (unpaired) electrons. The first-order chi connectivity index (χ1) is 8.62. The molecular weight excluding hydrogens is 224 g/mol. The zero-order valence-corrected chi connectivity index (χ0v) is 10.8. The smallest absolute Gasteiger partial charge is 0.143 e. The molecule has 0 amide bonds. The number of nitrogens with zero attached hydrogens (tertiary/aromatic N) is 3. The lowest BCUT2D eigenvalue weighted by Gasteiger charge is -2.29. The van der Waals surface area contributed by atoms with Gasteiger partial charge in [-0.3, -0.25) is 0 Å². The Morgan fingerprint density at radius 3 is 2.72 bits per heavy atom. The van der Waals surface area contributed by atoms with Crippen LogP contribution >= 0.6 is 0 Å². The molecule has 0 aliphatic heterocycles. The molecule has 1 saturated carbocycles. The van der Waals surface area contributed by atoms with Crippen molar-refractivity contribution in [2.75, 3.05) is 5.73 Å². The van der Waals surface area contributed by atoms with Gasteiger partial charge >= 0.3 is 0 Å². The number of rotatable bonds is 3. The quantitative estimate of drug-likeness (QED) is 0.839. The summed E-state index contributed by atoms with van der Waals surface area (Å²) < 4.78 is 2.02. The minimum Gasteiger partial charge on any atom is -0.399 e. The molecule has 0 unspecified atom stereocenters. The molecule has 2 aromatic rings. The van der Waals surface area contributed by atoms with Gasteiger partial charge in [0.1, 0.15) is 12.2 Å². The Morgan fingerprint density at radius 1 is 1.39 bits per heavy atom. The van der Waals surface area contributed by atoms with Crippen molar-refractivity contribution in [1.82, 2.24) is 14.8 Å². The van der Waals surface area contributed by atoms with Crippen LogP contribution in [0.2, 0.25) is 0 Å². The monoisotopic (exact) mass is 242 g/mol. The van der Waals surface area contributed by atoms with Gasteiger partial charge in [0, 0.05) is 12.7 Å². The summed E-state index contributed by atoms with van der Waals surface area (Å²) in [5, 5.41) is 8.35. The van der Waals surface area contributed by atoms with Crippen LogP contribution in [-0.4, -0.2) is 14.8 Å². The molecule has 18 heavy (non-hydrogen) atoms. The number of benzene rings is 1. The van der Waals surface area contributed by atoms with Gasteiger partial charge in [0.2, 0.25) is 0 Å². The van der Waals surface area contributed by atoms with E-state index in [1.165, 1.54) is 18.4 Å². The largest absolute Gasteiger partial charge is 0.399 e. The number of aromatic nitrogens is 3. The van der Waals surface area contributed by atoms with Crippen molar-refractivity contribution in [2.24, 2.45) is 13.0 Å². The van der Waals surface area contributed by atoms with Crippen molar-refractivity contribution in [3.8, 4) is 0 Å². The summed E-state index contributed by atoms with van der Waals surface area (Å²) in [7, 11) is 2.00. The lowest BCUT2D eigenvalue weighted by atomic mass is 9.77. The molecule has 1 aromatic carbocycles. The lowest BCUT2D eigenvalue weighted by Crippen LogP contribution is -2.30. The number of hydrogen-bond donors (Lipinski definition) is 1. The highest BCUT2D eigenvalue weighted by molar-refractivity contribution is 5.46. The molecule has 4 heteroatoms. The zero-order valence-electron chi connectivity index (χ0n) is 10.8. The molecule has 1 aromatic heterocycles. The van der Waals surface area contributed by atoms with E-state index >= 15 is 0 Å². The standard InChI is InChI=1S/C14H18N4/c1-14(10-6-7-10,13-17-16-9-18(13)2)11-4-3-5-12(15)8-11/h3-5,8-10H,6-7,15H2,1-2H3/t14-/m0/s1. The van der Waals surface area contributed by atoms with Crippen LogP contribution in [0.15, 0.2) is 30.6 Å². The molecule has 1 fully saturated rings. The van der Waals surface area contributed by atoms with Crippen molar-refractivity contribution < 1.29 is 0 Å². The van der Waals surface area contributed by atoms with Crippen molar-refractivity contribution in [2.45, 2.75) is 25.2 Å². The van der Waals surface area contributed by atoms with Crippen LogP contribution in [0.25, 0.3) is 0 Å². The second-order valence-electron chi connectivity index (χ2n) is 5.37. The molecule has 1 aliphatic rings. The number of nitrogens with two attached hydrogens (primary N) is 1. The average molecular weight is 242 g/mol. The van der Waals surface area contributed by atoms with Gasteiger partial charge in [-0.1, -0.05) is 12.1 Å². The van der Waals surface area contributed by atoms with Crippen LogP contribution in [0.3, 0.4) is 0 Å². The Kier molecular flexibility index (Phi) is 2.40. The Labute approximate surface area is 107 Å². The molecule has 94 valence electrons. The molecule has 1 heterocycles. The Morgan fingerprint density at radius 2 is 2.17 bits per heavy atom. The van der Waals surface area contributed by atoms with E-state index in [9.17, 15) is 0 Å². The Bertz CT molecular complexity index is 571. The van der Waals surface area contributed by atoms with Gasteiger partial charge < -0.3 is 10.3 Å². The van der Waals surface area contributed by atoms with E-state index in [-0.39, 0.29) is 5.41 Å². The Balaban J connectivity index is 2.15. The first-order valence-corrected chi connectivity index (χ1v) is 6.33. The summed E-state index contributed by atoms with van der Waals surface area (Å²) in [6, 6.07) is 8.14. The molecule has 4 nitrogen and oxygen atoms in total. The SMILES string of the molecule is Cn1cnnc1[C@](C)(c1cccc(N)c1)C1CC1. The van der Waals surface area contributed by atoms with Gasteiger partial charge in [0.05, 0.1) is 5.41 Å². The minimum absolute atomic E-state index is 0.0827. The molecule has 2 N–H and O–H groups in total. The predicted octanol–water partition coefficient (Wildman–Crippen LogP) is 2.11. The fourth-order valence-electron chi connectivity index (χ4n) is 2.82. The summed E-state index contributed by atoms with van der Waals surface area (Å²) in [5.74, 6) is 1.66. The van der Waals surface area contributed by atoms with Gasteiger partial charge in [-0.05, 0) is 43.4 Å². The number of hydrogen-bond acceptors (Lipinski definition) is 3. The minimum atomic E-state index is -0.0827. The third-order valence-corrected chi connectivity index (χ3v) is 4.06. The van der Waals surface area contributed by atoms with E-state index in [1.807, 2.05) is 23.7 Å². The topological polar surface area (TPSA) is 56.7 Å². The molecular formula is C14H18N4. The van der Waals surface area contributed by atoms with Gasteiger partial charge in [0.15, 0.2) is 0 Å². The van der Waals surface area contributed by atoms with Crippen LogP contribution in [0.4, 0.5) is 5.69 Å². The fraction of sp³-hybridized carbons (Fsp3) is 0.429. The number of nitrogen functional groups attached to an aromatic ring is 1. The zero-order chi connectivity index (χ0) is 12.8. The van der Waals surface area contributed by atoms with E-state index in [0.29, 0.717) is 5.92 Å². The van der Waals surface area contributed by atoms with Crippen molar-refractivity contribution in [3.05, 3.63) is 42.0 Å². The predicted molar refractivity (Wildman–Crippen MR) is 71.0 cm³/mol. The van der Waals surface area contributed by atoms with Crippen LogP contribution in [0, 0.1) is 5.92 Å². The molecule has 0 saturated heterocycles. The fourth-order valence-corrected chi connectivity index (χ4v) is 2.82. The van der Waals surface area contributed by atoms with Crippen LogP contribution in [-0.2, 0) is 12.5 Å². The maximum atomic E-state index is 5.92. The molecule has 3 rings (SSSR count). The van der Waals surface area contributed by atoms with Gasteiger partial charge in [-0.2, -0.15) is 0 Å². The molecule has 1 atom stereocenters. The van der Waals surface area contributed by atoms with Crippen molar-refractivity contribution in [3.63, 3.8) is 0 Å². The van der Waals surface area contributed by atoms with Crippen LogP contribution < -0.4 is 5.73 Å². The summed E-state index contributed by atoms with van der Waals surface area (Å²) in [6.45, 7) is 2.25. The summed E-state index contributed by atoms with van der Waals surface area (Å²) in [5.41, 5.74) is 7.89. The second-order valence-corrected chi connectivity index (χ2v) is 5.37. The van der Waals surface area contributed by atoms with Crippen LogP contribution in [0.1, 0.15) is 31.2 Å². The molecule has 0 bridgehead atoms. The first kappa shape index (κ1) is 11.3. The number of anilines is 1. The van der Waals surface area contributed by atoms with Crippen molar-refractivity contribution >= 4 is 5.69 Å².